The summed E-state index contributed by atoms with van der Waals surface area (Å²) in [7, 11) is 0. The van der Waals surface area contributed by atoms with Crippen molar-refractivity contribution in [2.75, 3.05) is 4.90 Å². The molecule has 1 aliphatic rings. The number of benzene rings is 1. The molecule has 1 aromatic carbocycles. The molecule has 2 atom stereocenters. The van der Waals surface area contributed by atoms with E-state index in [1.807, 2.05) is 6.92 Å². The zero-order valence-corrected chi connectivity index (χ0v) is 13.0. The average Bonchev–Trinajstić information content (AvgIpc) is 2.36. The SMILES string of the molecule is CCC1NC(=O)C(C)N(c2ccc(Br)cc2Cl)C1=O. The first kappa shape index (κ1) is 14.3. The summed E-state index contributed by atoms with van der Waals surface area (Å²) in [4.78, 5) is 25.8. The Bertz CT molecular complexity index is 535. The summed E-state index contributed by atoms with van der Waals surface area (Å²) >= 11 is 9.50. The van der Waals surface area contributed by atoms with E-state index in [1.54, 1.807) is 25.1 Å². The van der Waals surface area contributed by atoms with Crippen LogP contribution >= 0.6 is 27.5 Å². The minimum atomic E-state index is -0.561. The van der Waals surface area contributed by atoms with E-state index in [0.29, 0.717) is 17.1 Å². The topological polar surface area (TPSA) is 49.4 Å². The first-order valence-electron chi connectivity index (χ1n) is 6.04. The molecule has 1 fully saturated rings. The second kappa shape index (κ2) is 5.51. The second-order valence-electron chi connectivity index (χ2n) is 4.45. The lowest BCUT2D eigenvalue weighted by Crippen LogP contribution is -2.62. The highest BCUT2D eigenvalue weighted by Gasteiger charge is 2.38. The van der Waals surface area contributed by atoms with E-state index in [9.17, 15) is 9.59 Å². The Morgan fingerprint density at radius 1 is 1.42 bits per heavy atom. The van der Waals surface area contributed by atoms with Crippen LogP contribution in [0.4, 0.5) is 5.69 Å². The molecule has 0 spiro atoms. The monoisotopic (exact) mass is 344 g/mol. The maximum absolute atomic E-state index is 12.4. The third-order valence-electron chi connectivity index (χ3n) is 3.20. The van der Waals surface area contributed by atoms with Gasteiger partial charge >= 0.3 is 0 Å². The molecule has 1 N–H and O–H groups in total. The molecule has 1 saturated heterocycles. The van der Waals surface area contributed by atoms with Crippen molar-refractivity contribution in [1.82, 2.24) is 5.32 Å². The Kier molecular flexibility index (Phi) is 4.16. The number of piperazine rings is 1. The summed E-state index contributed by atoms with van der Waals surface area (Å²) < 4.78 is 0.829. The zero-order valence-electron chi connectivity index (χ0n) is 10.6. The van der Waals surface area contributed by atoms with Crippen LogP contribution in [0.2, 0.25) is 5.02 Å². The van der Waals surface area contributed by atoms with Gasteiger partial charge in [0.1, 0.15) is 12.1 Å². The minimum absolute atomic E-state index is 0.126. The van der Waals surface area contributed by atoms with Gasteiger partial charge in [-0.2, -0.15) is 0 Å². The number of carbonyl (C=O) groups excluding carboxylic acids is 2. The summed E-state index contributed by atoms with van der Waals surface area (Å²) in [5.41, 5.74) is 0.565. The van der Waals surface area contributed by atoms with Gasteiger partial charge in [0, 0.05) is 4.47 Å². The van der Waals surface area contributed by atoms with Crippen molar-refractivity contribution in [3.05, 3.63) is 27.7 Å². The molecule has 0 aliphatic carbocycles. The maximum Gasteiger partial charge on any atom is 0.250 e. The average molecular weight is 346 g/mol. The number of amides is 2. The van der Waals surface area contributed by atoms with Crippen LogP contribution in [-0.2, 0) is 9.59 Å². The molecular weight excluding hydrogens is 332 g/mol. The summed E-state index contributed by atoms with van der Waals surface area (Å²) in [5, 5.41) is 3.16. The van der Waals surface area contributed by atoms with Gasteiger partial charge in [0.05, 0.1) is 10.7 Å². The molecule has 102 valence electrons. The van der Waals surface area contributed by atoms with Crippen LogP contribution < -0.4 is 10.2 Å². The number of halogens is 2. The van der Waals surface area contributed by atoms with Gasteiger partial charge in [0.25, 0.3) is 0 Å². The Morgan fingerprint density at radius 3 is 2.68 bits per heavy atom. The third kappa shape index (κ3) is 2.62. The van der Waals surface area contributed by atoms with Crippen molar-refractivity contribution in [3.63, 3.8) is 0 Å². The van der Waals surface area contributed by atoms with Crippen LogP contribution in [0.25, 0.3) is 0 Å². The quantitative estimate of drug-likeness (QED) is 0.896. The highest BCUT2D eigenvalue weighted by atomic mass is 79.9. The van der Waals surface area contributed by atoms with E-state index in [-0.39, 0.29) is 11.8 Å². The fourth-order valence-corrected chi connectivity index (χ4v) is 2.88. The highest BCUT2D eigenvalue weighted by Crippen LogP contribution is 2.32. The van der Waals surface area contributed by atoms with Crippen molar-refractivity contribution < 1.29 is 9.59 Å². The standard InChI is InChI=1S/C13H14BrClN2O2/c1-3-10-13(19)17(7(2)12(18)16-10)11-5-4-8(14)6-9(11)15/h4-7,10H,3H2,1-2H3,(H,16,18). The molecular formula is C13H14BrClN2O2. The lowest BCUT2D eigenvalue weighted by molar-refractivity contribution is -0.133. The second-order valence-corrected chi connectivity index (χ2v) is 5.77. The van der Waals surface area contributed by atoms with Gasteiger partial charge in [0.15, 0.2) is 0 Å². The van der Waals surface area contributed by atoms with Crippen molar-refractivity contribution in [1.29, 1.82) is 0 Å². The van der Waals surface area contributed by atoms with Crippen LogP contribution in [0.5, 0.6) is 0 Å². The molecule has 1 aliphatic heterocycles. The smallest absolute Gasteiger partial charge is 0.250 e. The van der Waals surface area contributed by atoms with Crippen molar-refractivity contribution >= 4 is 45.0 Å². The molecule has 1 heterocycles. The zero-order chi connectivity index (χ0) is 14.2. The fraction of sp³-hybridized carbons (Fsp3) is 0.385. The summed E-state index contributed by atoms with van der Waals surface area (Å²) in [6, 6.07) is 4.21. The Hall–Kier alpha value is -1.07. The molecule has 0 saturated carbocycles. The number of hydrogen-bond acceptors (Lipinski definition) is 2. The normalized spacial score (nSPS) is 23.5. The van der Waals surface area contributed by atoms with Crippen molar-refractivity contribution in [2.24, 2.45) is 0 Å². The van der Waals surface area contributed by atoms with E-state index in [0.717, 1.165) is 4.47 Å². The molecule has 19 heavy (non-hydrogen) atoms. The van der Waals surface area contributed by atoms with Gasteiger partial charge in [-0.25, -0.2) is 0 Å². The van der Waals surface area contributed by atoms with Crippen LogP contribution in [0.15, 0.2) is 22.7 Å². The van der Waals surface area contributed by atoms with E-state index >= 15 is 0 Å². The predicted molar refractivity (Wildman–Crippen MR) is 78.3 cm³/mol. The molecule has 2 unspecified atom stereocenters. The van der Waals surface area contributed by atoms with Gasteiger partial charge in [-0.3, -0.25) is 14.5 Å². The van der Waals surface area contributed by atoms with E-state index in [4.69, 9.17) is 11.6 Å². The molecule has 0 bridgehead atoms. The van der Waals surface area contributed by atoms with Gasteiger partial charge in [-0.15, -0.1) is 0 Å². The first-order chi connectivity index (χ1) is 8.95. The number of rotatable bonds is 2. The first-order valence-corrected chi connectivity index (χ1v) is 7.21. The molecule has 0 radical (unpaired) electrons. The van der Waals surface area contributed by atoms with Crippen LogP contribution in [0.1, 0.15) is 20.3 Å². The molecule has 1 aromatic rings. The Morgan fingerprint density at radius 2 is 2.11 bits per heavy atom. The van der Waals surface area contributed by atoms with E-state index in [2.05, 4.69) is 21.2 Å². The van der Waals surface area contributed by atoms with E-state index < -0.39 is 12.1 Å². The number of carbonyl (C=O) groups is 2. The summed E-state index contributed by atoms with van der Waals surface area (Å²) in [6.07, 6.45) is 0.557. The Balaban J connectivity index is 2.45. The predicted octanol–water partition coefficient (Wildman–Crippen LogP) is 2.73. The van der Waals surface area contributed by atoms with Crippen LogP contribution in [0.3, 0.4) is 0 Å². The Labute approximate surface area is 125 Å². The summed E-state index contributed by atoms with van der Waals surface area (Å²) in [6.45, 7) is 3.55. The molecule has 6 heteroatoms. The minimum Gasteiger partial charge on any atom is -0.343 e. The number of nitrogens with one attached hydrogen (secondary N) is 1. The lowest BCUT2D eigenvalue weighted by atomic mass is 10.1. The largest absolute Gasteiger partial charge is 0.343 e. The molecule has 2 amide bonds. The van der Waals surface area contributed by atoms with Crippen LogP contribution in [-0.4, -0.2) is 23.9 Å². The summed E-state index contributed by atoms with van der Waals surface area (Å²) in [5.74, 6) is -0.288. The van der Waals surface area contributed by atoms with Crippen molar-refractivity contribution in [3.8, 4) is 0 Å². The molecule has 0 aromatic heterocycles. The highest BCUT2D eigenvalue weighted by molar-refractivity contribution is 9.10. The third-order valence-corrected chi connectivity index (χ3v) is 3.99. The number of nitrogens with zero attached hydrogens (tertiary/aromatic N) is 1. The van der Waals surface area contributed by atoms with Crippen molar-refractivity contribution in [2.45, 2.75) is 32.4 Å². The molecule has 2 rings (SSSR count). The number of anilines is 1. The molecule has 4 nitrogen and oxygen atoms in total. The lowest BCUT2D eigenvalue weighted by Gasteiger charge is -2.37. The van der Waals surface area contributed by atoms with Gasteiger partial charge in [0.2, 0.25) is 11.8 Å². The van der Waals surface area contributed by atoms with Gasteiger partial charge < -0.3 is 5.32 Å². The fourth-order valence-electron chi connectivity index (χ4n) is 2.11. The van der Waals surface area contributed by atoms with Crippen LogP contribution in [0, 0.1) is 0 Å². The van der Waals surface area contributed by atoms with E-state index in [1.165, 1.54) is 4.90 Å². The van der Waals surface area contributed by atoms with Gasteiger partial charge in [-0.05, 0) is 31.5 Å². The van der Waals surface area contributed by atoms with Gasteiger partial charge in [-0.1, -0.05) is 34.5 Å². The number of hydrogen-bond donors (Lipinski definition) is 1. The maximum atomic E-state index is 12.4.